The Kier molecular flexibility index (Phi) is 8.13. The fraction of sp³-hybridized carbons (Fsp3) is 0.444. The minimum atomic E-state index is -4.09. The number of rotatable bonds is 9. The zero-order valence-electron chi connectivity index (χ0n) is 21.8. The fourth-order valence-electron chi connectivity index (χ4n) is 5.36. The van der Waals surface area contributed by atoms with E-state index in [4.69, 9.17) is 9.88 Å². The van der Waals surface area contributed by atoms with Crippen LogP contribution in [0.5, 0.6) is 0 Å². The number of fused-ring (bicyclic) bond motifs is 1. The van der Waals surface area contributed by atoms with E-state index in [1.54, 1.807) is 0 Å². The van der Waals surface area contributed by atoms with Crippen LogP contribution in [0.25, 0.3) is 0 Å². The molecule has 1 aliphatic heterocycles. The van der Waals surface area contributed by atoms with Gasteiger partial charge in [0.25, 0.3) is 0 Å². The third kappa shape index (κ3) is 6.21. The maximum Gasteiger partial charge on any atom is 0.333 e. The van der Waals surface area contributed by atoms with Gasteiger partial charge in [0.2, 0.25) is 5.78 Å². The number of nitrogens with one attached hydrogen (secondary N) is 1. The maximum absolute atomic E-state index is 13.7. The molecule has 1 saturated carbocycles. The van der Waals surface area contributed by atoms with Gasteiger partial charge in [-0.3, -0.25) is 8.98 Å². The number of carbonyl (C=O) groups excluding carboxylic acids is 1. The second-order valence-corrected chi connectivity index (χ2v) is 12.5. The Bertz CT molecular complexity index is 1470. The number of nitrogens with zero attached hydrogens (tertiary/aromatic N) is 2. The summed E-state index contributed by atoms with van der Waals surface area (Å²) in [6.07, 6.45) is 4.42. The van der Waals surface area contributed by atoms with Crippen molar-refractivity contribution in [3.8, 4) is 0 Å². The summed E-state index contributed by atoms with van der Waals surface area (Å²) >= 11 is 1.42. The van der Waals surface area contributed by atoms with Gasteiger partial charge in [0.15, 0.2) is 0 Å². The molecule has 5 rings (SSSR count). The lowest BCUT2D eigenvalue weighted by Crippen LogP contribution is -2.24. The summed E-state index contributed by atoms with van der Waals surface area (Å²) in [5.74, 6) is -0.265. The van der Waals surface area contributed by atoms with Crippen LogP contribution in [0.3, 0.4) is 0 Å². The van der Waals surface area contributed by atoms with Gasteiger partial charge in [-0.1, -0.05) is 25.1 Å². The van der Waals surface area contributed by atoms with Gasteiger partial charge in [0.05, 0.1) is 29.8 Å². The van der Waals surface area contributed by atoms with Crippen molar-refractivity contribution in [3.05, 3.63) is 74.4 Å². The number of hydrogen-bond donors (Lipinski definition) is 3. The van der Waals surface area contributed by atoms with Crippen LogP contribution in [0.15, 0.2) is 36.8 Å². The van der Waals surface area contributed by atoms with Crippen LogP contribution in [0.1, 0.15) is 68.2 Å². The largest absolute Gasteiger partial charge is 0.393 e. The van der Waals surface area contributed by atoms with Gasteiger partial charge in [-0.05, 0) is 60.9 Å². The van der Waals surface area contributed by atoms with Crippen LogP contribution < -0.4 is 10.5 Å². The van der Waals surface area contributed by atoms with Gasteiger partial charge in [0.1, 0.15) is 18.2 Å². The van der Waals surface area contributed by atoms with Crippen molar-refractivity contribution in [1.82, 2.24) is 9.97 Å². The molecule has 4 N–H and O–H groups in total. The smallest absolute Gasteiger partial charge is 0.333 e. The topological polar surface area (TPSA) is 154 Å². The molecule has 2 aliphatic rings. The van der Waals surface area contributed by atoms with E-state index in [-0.39, 0.29) is 24.5 Å². The molecule has 12 heteroatoms. The summed E-state index contributed by atoms with van der Waals surface area (Å²) in [4.78, 5) is 23.6. The molecule has 0 unspecified atom stereocenters. The number of aliphatic hydroxyl groups is 1. The highest BCUT2D eigenvalue weighted by molar-refractivity contribution is 7.84. The number of ketones is 1. The standard InChI is InChI=1S/C27H32N4O6S2/c1-3-16-4-5-17-6-7-36-26(21(17)8-16)20-11-24(38-15(20)2)25(33)22-12-29-14-30-27(22)31-19-9-18(23(32)10-19)13-37-39(28,34)35/h4-5,8,11-12,14,18-19,23,26,32H,3,6-7,9-10,13H2,1-2H3,(H2,28,34,35)(H,29,30,31)/t18-,19-,23+,26-/m1/s1. The summed E-state index contributed by atoms with van der Waals surface area (Å²) in [6.45, 7) is 4.55. The van der Waals surface area contributed by atoms with Crippen molar-refractivity contribution < 1.29 is 27.2 Å². The Morgan fingerprint density at radius 3 is 2.87 bits per heavy atom. The highest BCUT2D eigenvalue weighted by Gasteiger charge is 2.35. The molecule has 1 aromatic carbocycles. The first-order valence-electron chi connectivity index (χ1n) is 12.9. The number of benzene rings is 1. The zero-order valence-corrected chi connectivity index (χ0v) is 23.4. The predicted octanol–water partition coefficient (Wildman–Crippen LogP) is 3.07. The molecule has 0 spiro atoms. The predicted molar refractivity (Wildman–Crippen MR) is 147 cm³/mol. The Morgan fingerprint density at radius 1 is 1.28 bits per heavy atom. The lowest BCUT2D eigenvalue weighted by atomic mass is 9.91. The van der Waals surface area contributed by atoms with Crippen molar-refractivity contribution in [2.75, 3.05) is 18.5 Å². The third-order valence-corrected chi connectivity index (χ3v) is 8.95. The van der Waals surface area contributed by atoms with Crippen molar-refractivity contribution in [3.63, 3.8) is 0 Å². The highest BCUT2D eigenvalue weighted by atomic mass is 32.2. The molecule has 1 aliphatic carbocycles. The Balaban J connectivity index is 1.35. The summed E-state index contributed by atoms with van der Waals surface area (Å²) in [7, 11) is -4.09. The monoisotopic (exact) mass is 572 g/mol. The van der Waals surface area contributed by atoms with Gasteiger partial charge < -0.3 is 15.2 Å². The number of anilines is 1. The average molecular weight is 573 g/mol. The first-order valence-corrected chi connectivity index (χ1v) is 15.2. The van der Waals surface area contributed by atoms with E-state index in [0.29, 0.717) is 35.7 Å². The lowest BCUT2D eigenvalue weighted by molar-refractivity contribution is 0.0697. The first kappa shape index (κ1) is 27.8. The number of aromatic nitrogens is 2. The lowest BCUT2D eigenvalue weighted by Gasteiger charge is -2.27. The van der Waals surface area contributed by atoms with E-state index in [2.05, 4.69) is 44.6 Å². The van der Waals surface area contributed by atoms with Crippen LogP contribution in [0.4, 0.5) is 5.82 Å². The summed E-state index contributed by atoms with van der Waals surface area (Å²) in [5, 5.41) is 18.5. The number of aryl methyl sites for hydroxylation is 2. The SMILES string of the molecule is CCc1ccc2c(c1)[C@@H](c1cc(C(=O)c3cncnc3N[C@@H]3C[C@H](COS(N)(=O)=O)[C@@H](O)C3)sc1C)OCC2. The van der Waals surface area contributed by atoms with E-state index in [1.165, 1.54) is 35.0 Å². The van der Waals surface area contributed by atoms with Gasteiger partial charge in [0, 0.05) is 23.0 Å². The minimum absolute atomic E-state index is 0.205. The summed E-state index contributed by atoms with van der Waals surface area (Å²) < 4.78 is 33.2. The van der Waals surface area contributed by atoms with E-state index in [9.17, 15) is 18.3 Å². The molecule has 4 atom stereocenters. The number of aliphatic hydroxyl groups excluding tert-OH is 1. The second-order valence-electron chi connectivity index (χ2n) is 10.0. The van der Waals surface area contributed by atoms with E-state index < -0.39 is 22.3 Å². The molecule has 1 fully saturated rings. The Hall–Kier alpha value is -2.74. The average Bonchev–Trinajstić information content (AvgIpc) is 3.47. The minimum Gasteiger partial charge on any atom is -0.393 e. The molecular formula is C27H32N4O6S2. The van der Waals surface area contributed by atoms with Crippen LogP contribution in [-0.2, 0) is 32.1 Å². The van der Waals surface area contributed by atoms with Crippen LogP contribution in [0.2, 0.25) is 0 Å². The normalized spacial score (nSPS) is 23.0. The number of hydrogen-bond acceptors (Lipinski definition) is 10. The first-order chi connectivity index (χ1) is 18.6. The number of carbonyl (C=O) groups is 1. The zero-order chi connectivity index (χ0) is 27.7. The van der Waals surface area contributed by atoms with Crippen LogP contribution >= 0.6 is 11.3 Å². The van der Waals surface area contributed by atoms with E-state index >= 15 is 0 Å². The van der Waals surface area contributed by atoms with Crippen molar-refractivity contribution in [2.45, 2.75) is 57.8 Å². The molecule has 0 bridgehead atoms. The number of ether oxygens (including phenoxy) is 1. The Labute approximate surface area is 231 Å². The quantitative estimate of drug-likeness (QED) is 0.328. The van der Waals surface area contributed by atoms with E-state index in [1.807, 2.05) is 13.0 Å². The molecule has 0 amide bonds. The molecule has 0 saturated heterocycles. The highest BCUT2D eigenvalue weighted by Crippen LogP contribution is 2.39. The molecule has 3 aromatic rings. The second kappa shape index (κ2) is 11.4. The molecule has 10 nitrogen and oxygen atoms in total. The van der Waals surface area contributed by atoms with Gasteiger partial charge in [-0.15, -0.1) is 11.3 Å². The van der Waals surface area contributed by atoms with Gasteiger partial charge in [-0.2, -0.15) is 8.42 Å². The molecule has 0 radical (unpaired) electrons. The van der Waals surface area contributed by atoms with Crippen LogP contribution in [-0.4, -0.2) is 54.6 Å². The van der Waals surface area contributed by atoms with Gasteiger partial charge >= 0.3 is 10.3 Å². The van der Waals surface area contributed by atoms with Gasteiger partial charge in [-0.25, -0.2) is 15.1 Å². The van der Waals surface area contributed by atoms with Crippen molar-refractivity contribution in [2.24, 2.45) is 11.1 Å². The van der Waals surface area contributed by atoms with Crippen molar-refractivity contribution in [1.29, 1.82) is 0 Å². The van der Waals surface area contributed by atoms with Crippen molar-refractivity contribution >= 4 is 33.2 Å². The molecule has 39 heavy (non-hydrogen) atoms. The molecule has 2 aromatic heterocycles. The Morgan fingerprint density at radius 2 is 2.10 bits per heavy atom. The summed E-state index contributed by atoms with van der Waals surface area (Å²) in [5.41, 5.74) is 4.99. The molecule has 208 valence electrons. The van der Waals surface area contributed by atoms with Crippen LogP contribution in [0, 0.1) is 12.8 Å². The number of thiophene rings is 1. The third-order valence-electron chi connectivity index (χ3n) is 7.42. The van der Waals surface area contributed by atoms with E-state index in [0.717, 1.165) is 28.8 Å². The summed E-state index contributed by atoms with van der Waals surface area (Å²) in [6, 6.07) is 8.23. The molecular weight excluding hydrogens is 540 g/mol. The number of nitrogens with two attached hydrogens (primary N) is 1. The maximum atomic E-state index is 13.7. The fourth-order valence-corrected chi connectivity index (χ4v) is 6.72. The molecule has 3 heterocycles.